The van der Waals surface area contributed by atoms with Crippen molar-refractivity contribution in [2.75, 3.05) is 11.9 Å². The van der Waals surface area contributed by atoms with Gasteiger partial charge in [0.1, 0.15) is 5.37 Å². The monoisotopic (exact) mass is 371 g/mol. The number of amides is 2. The molecule has 0 saturated carbocycles. The molecule has 4 rings (SSSR count). The zero-order chi connectivity index (χ0) is 18.3. The SMILES string of the molecule is C[C@H]1CCB2CC[C@@H](C(=O)NCC(=O)C3Nc4ccccc4S3)N2C1=O. The van der Waals surface area contributed by atoms with Crippen molar-refractivity contribution in [3.05, 3.63) is 24.3 Å². The number of benzene rings is 1. The van der Waals surface area contributed by atoms with Crippen LogP contribution in [0, 0.1) is 5.92 Å². The van der Waals surface area contributed by atoms with E-state index in [1.165, 1.54) is 11.8 Å². The standard InChI is InChI=1S/C18H22BN3O3S/c1-11-6-8-19-9-7-13(22(19)18(11)25)16(24)20-10-14(23)17-21-12-4-2-3-5-15(12)26-17/h2-5,11,13,17,21H,6-10H2,1H3,(H,20,24)/t11-,13-,17?/m0/s1. The van der Waals surface area contributed by atoms with E-state index in [1.54, 1.807) is 4.81 Å². The number of hydrogen-bond acceptors (Lipinski definition) is 5. The van der Waals surface area contributed by atoms with Gasteiger partial charge < -0.3 is 15.4 Å². The largest absolute Gasteiger partial charge is 0.376 e. The molecule has 1 unspecified atom stereocenters. The van der Waals surface area contributed by atoms with E-state index >= 15 is 0 Å². The average Bonchev–Trinajstić information content (AvgIpc) is 3.26. The van der Waals surface area contributed by atoms with Crippen LogP contribution in [-0.2, 0) is 14.4 Å². The van der Waals surface area contributed by atoms with Gasteiger partial charge in [0.25, 0.3) is 6.85 Å². The molecule has 2 amide bonds. The number of fused-ring (bicyclic) bond motifs is 2. The lowest BCUT2D eigenvalue weighted by Gasteiger charge is -2.35. The second kappa shape index (κ2) is 6.98. The molecule has 2 N–H and O–H groups in total. The second-order valence-corrected chi connectivity index (χ2v) is 8.44. The van der Waals surface area contributed by atoms with E-state index in [0.717, 1.165) is 29.6 Å². The fourth-order valence-corrected chi connectivity index (χ4v) is 5.16. The van der Waals surface area contributed by atoms with Gasteiger partial charge in [0.05, 0.1) is 12.6 Å². The summed E-state index contributed by atoms with van der Waals surface area (Å²) < 4.78 is 0. The molecule has 0 radical (unpaired) electrons. The van der Waals surface area contributed by atoms with Crippen LogP contribution in [0.15, 0.2) is 29.2 Å². The zero-order valence-electron chi connectivity index (χ0n) is 14.7. The smallest absolute Gasteiger partial charge is 0.259 e. The molecular weight excluding hydrogens is 349 g/mol. The molecule has 1 aromatic rings. The van der Waals surface area contributed by atoms with Gasteiger partial charge in [-0.15, -0.1) is 0 Å². The number of rotatable bonds is 4. The molecule has 0 aromatic heterocycles. The first kappa shape index (κ1) is 17.5. The highest BCUT2D eigenvalue weighted by Crippen LogP contribution is 2.38. The molecule has 3 aliphatic heterocycles. The van der Waals surface area contributed by atoms with Crippen molar-refractivity contribution in [3.8, 4) is 0 Å². The number of nitrogens with one attached hydrogen (secondary N) is 2. The van der Waals surface area contributed by atoms with Crippen molar-refractivity contribution >= 4 is 41.9 Å². The number of thioether (sulfide) groups is 1. The van der Waals surface area contributed by atoms with Crippen LogP contribution in [0.25, 0.3) is 0 Å². The van der Waals surface area contributed by atoms with Crippen molar-refractivity contribution in [3.63, 3.8) is 0 Å². The lowest BCUT2D eigenvalue weighted by Crippen LogP contribution is -2.55. The second-order valence-electron chi connectivity index (χ2n) is 7.29. The van der Waals surface area contributed by atoms with E-state index in [-0.39, 0.29) is 42.3 Å². The molecule has 3 heterocycles. The van der Waals surface area contributed by atoms with Crippen molar-refractivity contribution in [2.45, 2.75) is 48.7 Å². The van der Waals surface area contributed by atoms with Crippen LogP contribution in [0.4, 0.5) is 5.69 Å². The number of nitrogens with zero attached hydrogens (tertiary/aromatic N) is 1. The Labute approximate surface area is 157 Å². The van der Waals surface area contributed by atoms with Crippen molar-refractivity contribution in [1.82, 2.24) is 10.1 Å². The maximum atomic E-state index is 12.6. The van der Waals surface area contributed by atoms with Crippen LogP contribution < -0.4 is 10.6 Å². The Kier molecular flexibility index (Phi) is 4.69. The summed E-state index contributed by atoms with van der Waals surface area (Å²) in [7, 11) is 0. The summed E-state index contributed by atoms with van der Waals surface area (Å²) in [6.07, 6.45) is 3.43. The minimum absolute atomic E-state index is 0.0149. The van der Waals surface area contributed by atoms with Crippen molar-refractivity contribution < 1.29 is 14.4 Å². The predicted molar refractivity (Wildman–Crippen MR) is 102 cm³/mol. The Morgan fingerprint density at radius 1 is 1.31 bits per heavy atom. The molecule has 1 aromatic carbocycles. The topological polar surface area (TPSA) is 78.5 Å². The summed E-state index contributed by atoms with van der Waals surface area (Å²) in [6, 6.07) is 7.35. The first-order chi connectivity index (χ1) is 12.5. The Bertz CT molecular complexity index is 734. The van der Waals surface area contributed by atoms with Gasteiger partial charge in [0, 0.05) is 16.5 Å². The summed E-state index contributed by atoms with van der Waals surface area (Å²) in [4.78, 5) is 40.3. The molecular formula is C18H22BN3O3S. The highest BCUT2D eigenvalue weighted by atomic mass is 32.2. The number of carbonyl (C=O) groups is 3. The van der Waals surface area contributed by atoms with Crippen molar-refractivity contribution in [2.24, 2.45) is 5.92 Å². The molecule has 3 aliphatic rings. The van der Waals surface area contributed by atoms with Gasteiger partial charge in [0.2, 0.25) is 11.8 Å². The third-order valence-electron chi connectivity index (χ3n) is 5.56. The Balaban J connectivity index is 1.33. The van der Waals surface area contributed by atoms with Crippen LogP contribution in [0.5, 0.6) is 0 Å². The van der Waals surface area contributed by atoms with E-state index in [4.69, 9.17) is 0 Å². The molecule has 136 valence electrons. The lowest BCUT2D eigenvalue weighted by atomic mass is 9.53. The van der Waals surface area contributed by atoms with Crippen LogP contribution >= 0.6 is 11.8 Å². The van der Waals surface area contributed by atoms with E-state index < -0.39 is 6.04 Å². The van der Waals surface area contributed by atoms with E-state index in [9.17, 15) is 14.4 Å². The Morgan fingerprint density at radius 2 is 2.08 bits per heavy atom. The number of hydrogen-bond donors (Lipinski definition) is 2. The maximum Gasteiger partial charge on any atom is 0.259 e. The Morgan fingerprint density at radius 3 is 2.88 bits per heavy atom. The highest BCUT2D eigenvalue weighted by Gasteiger charge is 2.46. The number of para-hydroxylation sites is 1. The first-order valence-corrected chi connectivity index (χ1v) is 10.1. The van der Waals surface area contributed by atoms with Gasteiger partial charge in [-0.3, -0.25) is 14.4 Å². The molecule has 0 bridgehead atoms. The zero-order valence-corrected chi connectivity index (χ0v) is 15.6. The summed E-state index contributed by atoms with van der Waals surface area (Å²) in [5.74, 6) is -0.205. The van der Waals surface area contributed by atoms with Crippen LogP contribution in [0.1, 0.15) is 19.8 Å². The van der Waals surface area contributed by atoms with E-state index in [1.807, 2.05) is 31.2 Å². The fourth-order valence-electron chi connectivity index (χ4n) is 4.09. The Hall–Kier alpha value is -1.96. The molecule has 2 saturated heterocycles. The molecule has 26 heavy (non-hydrogen) atoms. The quantitative estimate of drug-likeness (QED) is 0.790. The summed E-state index contributed by atoms with van der Waals surface area (Å²) >= 11 is 1.47. The van der Waals surface area contributed by atoms with Gasteiger partial charge in [-0.1, -0.05) is 43.5 Å². The normalized spacial score (nSPS) is 27.0. The molecule has 2 fully saturated rings. The maximum absolute atomic E-state index is 12.6. The van der Waals surface area contributed by atoms with E-state index in [2.05, 4.69) is 10.6 Å². The fraction of sp³-hybridized carbons (Fsp3) is 0.500. The van der Waals surface area contributed by atoms with Crippen LogP contribution in [-0.4, -0.2) is 47.2 Å². The van der Waals surface area contributed by atoms with Crippen LogP contribution in [0.3, 0.4) is 0 Å². The van der Waals surface area contributed by atoms with E-state index in [0.29, 0.717) is 6.42 Å². The summed E-state index contributed by atoms with van der Waals surface area (Å²) in [5, 5.41) is 5.57. The highest BCUT2D eigenvalue weighted by molar-refractivity contribution is 8.01. The lowest BCUT2D eigenvalue weighted by molar-refractivity contribution is -0.138. The summed E-state index contributed by atoms with van der Waals surface area (Å²) in [6.45, 7) is 2.10. The number of carbonyl (C=O) groups excluding carboxylic acids is 3. The predicted octanol–water partition coefficient (Wildman–Crippen LogP) is 1.85. The van der Waals surface area contributed by atoms with Crippen LogP contribution in [0.2, 0.25) is 12.6 Å². The minimum atomic E-state index is -0.426. The number of ketones is 1. The third-order valence-corrected chi connectivity index (χ3v) is 6.79. The third kappa shape index (κ3) is 3.11. The molecule has 3 atom stereocenters. The minimum Gasteiger partial charge on any atom is -0.376 e. The number of Topliss-reactive ketones (excluding diaryl/α,β-unsaturated/α-hetero) is 1. The van der Waals surface area contributed by atoms with Gasteiger partial charge in [-0.05, 0) is 25.0 Å². The van der Waals surface area contributed by atoms with Crippen molar-refractivity contribution in [1.29, 1.82) is 0 Å². The summed E-state index contributed by atoms with van der Waals surface area (Å²) in [5.41, 5.74) is 0.953. The van der Waals surface area contributed by atoms with Gasteiger partial charge in [-0.25, -0.2) is 0 Å². The average molecular weight is 371 g/mol. The first-order valence-electron chi connectivity index (χ1n) is 9.19. The molecule has 0 aliphatic carbocycles. The van der Waals surface area contributed by atoms with Gasteiger partial charge >= 0.3 is 0 Å². The molecule has 6 nitrogen and oxygen atoms in total. The molecule has 8 heteroatoms. The van der Waals surface area contributed by atoms with Gasteiger partial charge in [0.15, 0.2) is 5.78 Å². The number of anilines is 1. The van der Waals surface area contributed by atoms with Gasteiger partial charge in [-0.2, -0.15) is 0 Å². The molecule has 0 spiro atoms.